The molecule has 4 N–H and O–H groups in total. The molecule has 2 unspecified atom stereocenters. The van der Waals surface area contributed by atoms with Crippen LogP contribution in [-0.2, 0) is 9.59 Å². The lowest BCUT2D eigenvalue weighted by molar-refractivity contribution is -0.140. The number of rotatable bonds is 10. The summed E-state index contributed by atoms with van der Waals surface area (Å²) in [6.45, 7) is 0. The molecule has 0 amide bonds. The second kappa shape index (κ2) is 14.8. The molecule has 0 aliphatic rings. The van der Waals surface area contributed by atoms with Gasteiger partial charge in [-0.1, -0.05) is 0 Å². The Labute approximate surface area is 128 Å². The van der Waals surface area contributed by atoms with Crippen LogP contribution in [0.4, 0.5) is 0 Å². The molecule has 0 aliphatic carbocycles. The standard InChI is InChI=1S/2C6H11ClO3/c2*7-3-1-2-5(8)4-6(9)10/h2*5,8H,1-4H2,(H,9,10). The second-order valence-corrected chi connectivity index (χ2v) is 4.92. The molecular formula is C12H22Cl2O6. The number of aliphatic hydroxyl groups is 2. The normalized spacial score (nSPS) is 13.0. The summed E-state index contributed by atoms with van der Waals surface area (Å²) >= 11 is 10.6. The number of carbonyl (C=O) groups is 2. The first kappa shape index (κ1) is 21.7. The van der Waals surface area contributed by atoms with Crippen molar-refractivity contribution in [3.63, 3.8) is 0 Å². The molecule has 20 heavy (non-hydrogen) atoms. The summed E-state index contributed by atoms with van der Waals surface area (Å²) in [5.41, 5.74) is 0. The molecule has 0 aliphatic heterocycles. The quantitative estimate of drug-likeness (QED) is 0.452. The molecule has 6 nitrogen and oxygen atoms in total. The molecule has 0 aromatic carbocycles. The van der Waals surface area contributed by atoms with Gasteiger partial charge in [0.05, 0.1) is 25.0 Å². The molecule has 0 aromatic rings. The summed E-state index contributed by atoms with van der Waals surface area (Å²) in [6.07, 6.45) is 0.415. The van der Waals surface area contributed by atoms with E-state index < -0.39 is 24.1 Å². The van der Waals surface area contributed by atoms with Gasteiger partial charge in [0.15, 0.2) is 0 Å². The zero-order valence-corrected chi connectivity index (χ0v) is 12.7. The highest BCUT2D eigenvalue weighted by molar-refractivity contribution is 6.18. The van der Waals surface area contributed by atoms with Crippen LogP contribution in [0.25, 0.3) is 0 Å². The predicted molar refractivity (Wildman–Crippen MR) is 76.4 cm³/mol. The molecule has 2 atom stereocenters. The lowest BCUT2D eigenvalue weighted by atomic mass is 10.1. The molecule has 0 bridgehead atoms. The summed E-state index contributed by atoms with van der Waals surface area (Å²) in [6, 6.07) is 0. The van der Waals surface area contributed by atoms with Gasteiger partial charge in [0.25, 0.3) is 0 Å². The predicted octanol–water partition coefficient (Wildman–Crippen LogP) is 1.68. The number of hydrogen-bond acceptors (Lipinski definition) is 4. The van der Waals surface area contributed by atoms with Gasteiger partial charge in [-0.15, -0.1) is 23.2 Å². The van der Waals surface area contributed by atoms with Crippen molar-refractivity contribution in [2.24, 2.45) is 0 Å². The lowest BCUT2D eigenvalue weighted by Gasteiger charge is -2.04. The zero-order valence-electron chi connectivity index (χ0n) is 11.2. The summed E-state index contributed by atoms with van der Waals surface area (Å²) in [5.74, 6) is -1.00. The SMILES string of the molecule is O=C(O)CC(O)CCCCl.O=C(O)CC(O)CCCCl. The van der Waals surface area contributed by atoms with Crippen LogP contribution in [-0.4, -0.2) is 56.3 Å². The highest BCUT2D eigenvalue weighted by Gasteiger charge is 2.08. The number of alkyl halides is 2. The molecule has 120 valence electrons. The first-order valence-electron chi connectivity index (χ1n) is 6.25. The van der Waals surface area contributed by atoms with Crippen molar-refractivity contribution < 1.29 is 30.0 Å². The Morgan fingerprint density at radius 2 is 1.10 bits per heavy atom. The van der Waals surface area contributed by atoms with E-state index in [1.807, 2.05) is 0 Å². The Bertz CT molecular complexity index is 236. The average molecular weight is 333 g/mol. The van der Waals surface area contributed by atoms with E-state index in [0.29, 0.717) is 37.4 Å². The van der Waals surface area contributed by atoms with Crippen LogP contribution < -0.4 is 0 Å². The highest BCUT2D eigenvalue weighted by atomic mass is 35.5. The minimum absolute atomic E-state index is 0.184. The van der Waals surface area contributed by atoms with Crippen LogP contribution in [0.1, 0.15) is 38.5 Å². The third kappa shape index (κ3) is 19.8. The number of carboxylic acids is 2. The van der Waals surface area contributed by atoms with Crippen molar-refractivity contribution in [3.05, 3.63) is 0 Å². The molecule has 0 saturated heterocycles. The fraction of sp³-hybridized carbons (Fsp3) is 0.833. The van der Waals surface area contributed by atoms with Crippen LogP contribution in [0, 0.1) is 0 Å². The topological polar surface area (TPSA) is 115 Å². The van der Waals surface area contributed by atoms with Crippen molar-refractivity contribution in [1.82, 2.24) is 0 Å². The van der Waals surface area contributed by atoms with E-state index in [0.717, 1.165) is 0 Å². The van der Waals surface area contributed by atoms with E-state index in [1.54, 1.807) is 0 Å². The Morgan fingerprint density at radius 1 is 0.800 bits per heavy atom. The summed E-state index contributed by atoms with van der Waals surface area (Å²) in [5, 5.41) is 34.2. The molecule has 0 spiro atoms. The van der Waals surface area contributed by atoms with E-state index in [2.05, 4.69) is 0 Å². The smallest absolute Gasteiger partial charge is 0.305 e. The molecule has 0 rings (SSSR count). The van der Waals surface area contributed by atoms with Crippen LogP contribution in [0.15, 0.2) is 0 Å². The summed E-state index contributed by atoms with van der Waals surface area (Å²) in [7, 11) is 0. The van der Waals surface area contributed by atoms with Gasteiger partial charge in [0.2, 0.25) is 0 Å². The average Bonchev–Trinajstić information content (AvgIpc) is 2.33. The Morgan fingerprint density at radius 3 is 1.30 bits per heavy atom. The van der Waals surface area contributed by atoms with Gasteiger partial charge in [-0.2, -0.15) is 0 Å². The van der Waals surface area contributed by atoms with Crippen LogP contribution in [0.3, 0.4) is 0 Å². The molecule has 0 saturated carbocycles. The summed E-state index contributed by atoms with van der Waals surface area (Å²) in [4.78, 5) is 20.0. The van der Waals surface area contributed by atoms with Crippen LogP contribution >= 0.6 is 23.2 Å². The highest BCUT2D eigenvalue weighted by Crippen LogP contribution is 2.02. The third-order valence-electron chi connectivity index (χ3n) is 2.16. The Balaban J connectivity index is 0. The zero-order chi connectivity index (χ0) is 16.0. The molecule has 8 heteroatoms. The fourth-order valence-corrected chi connectivity index (χ4v) is 1.54. The minimum atomic E-state index is -0.970. The molecule has 0 aromatic heterocycles. The largest absolute Gasteiger partial charge is 0.481 e. The van der Waals surface area contributed by atoms with E-state index in [-0.39, 0.29) is 12.8 Å². The van der Waals surface area contributed by atoms with Crippen molar-refractivity contribution in [2.75, 3.05) is 11.8 Å². The molecule has 0 heterocycles. The maximum absolute atomic E-state index is 9.98. The van der Waals surface area contributed by atoms with Crippen molar-refractivity contribution in [2.45, 2.75) is 50.7 Å². The second-order valence-electron chi connectivity index (χ2n) is 4.17. The van der Waals surface area contributed by atoms with Gasteiger partial charge < -0.3 is 20.4 Å². The number of aliphatic hydroxyl groups excluding tert-OH is 2. The van der Waals surface area contributed by atoms with Gasteiger partial charge in [0, 0.05) is 11.8 Å². The van der Waals surface area contributed by atoms with E-state index >= 15 is 0 Å². The van der Waals surface area contributed by atoms with Crippen molar-refractivity contribution >= 4 is 35.1 Å². The number of aliphatic carboxylic acids is 2. The number of halogens is 2. The maximum Gasteiger partial charge on any atom is 0.305 e. The van der Waals surface area contributed by atoms with Crippen molar-refractivity contribution in [3.8, 4) is 0 Å². The van der Waals surface area contributed by atoms with Crippen LogP contribution in [0.5, 0.6) is 0 Å². The first-order valence-corrected chi connectivity index (χ1v) is 7.32. The van der Waals surface area contributed by atoms with E-state index in [4.69, 9.17) is 43.6 Å². The minimum Gasteiger partial charge on any atom is -0.481 e. The Kier molecular flexibility index (Phi) is 16.1. The number of carboxylic acid groups (broad SMARTS) is 2. The van der Waals surface area contributed by atoms with Crippen LogP contribution in [0.2, 0.25) is 0 Å². The Hall–Kier alpha value is -0.560. The van der Waals surface area contributed by atoms with Crippen molar-refractivity contribution in [1.29, 1.82) is 0 Å². The van der Waals surface area contributed by atoms with Gasteiger partial charge >= 0.3 is 11.9 Å². The van der Waals surface area contributed by atoms with Gasteiger partial charge in [0.1, 0.15) is 0 Å². The third-order valence-corrected chi connectivity index (χ3v) is 2.70. The molecule has 0 radical (unpaired) electrons. The molecular weight excluding hydrogens is 311 g/mol. The first-order chi connectivity index (χ1) is 9.33. The fourth-order valence-electron chi connectivity index (χ4n) is 1.23. The summed E-state index contributed by atoms with van der Waals surface area (Å²) < 4.78 is 0. The van der Waals surface area contributed by atoms with E-state index in [1.165, 1.54) is 0 Å². The maximum atomic E-state index is 9.98. The lowest BCUT2D eigenvalue weighted by Crippen LogP contribution is -2.12. The van der Waals surface area contributed by atoms with Gasteiger partial charge in [-0.25, -0.2) is 0 Å². The van der Waals surface area contributed by atoms with Gasteiger partial charge in [-0.3, -0.25) is 9.59 Å². The van der Waals surface area contributed by atoms with Gasteiger partial charge in [-0.05, 0) is 25.7 Å². The monoisotopic (exact) mass is 332 g/mol. The number of hydrogen-bond donors (Lipinski definition) is 4. The van der Waals surface area contributed by atoms with E-state index in [9.17, 15) is 9.59 Å². The molecule has 0 fully saturated rings.